The third-order valence-electron chi connectivity index (χ3n) is 4.47. The number of para-hydroxylation sites is 1. The number of amides is 1. The van der Waals surface area contributed by atoms with Gasteiger partial charge in [0.2, 0.25) is 0 Å². The summed E-state index contributed by atoms with van der Waals surface area (Å²) in [5.74, 6) is 1.60. The van der Waals surface area contributed by atoms with Crippen LogP contribution >= 0.6 is 11.8 Å². The molecular weight excluding hydrogens is 332 g/mol. The van der Waals surface area contributed by atoms with Crippen molar-refractivity contribution in [3.63, 3.8) is 0 Å². The van der Waals surface area contributed by atoms with Crippen LogP contribution in [-0.4, -0.2) is 48.3 Å². The highest BCUT2D eigenvalue weighted by atomic mass is 32.2. The molecule has 3 rings (SSSR count). The first-order valence-corrected chi connectivity index (χ1v) is 9.31. The number of rotatable bonds is 4. The fourth-order valence-electron chi connectivity index (χ4n) is 2.91. The maximum atomic E-state index is 12.6. The highest BCUT2D eigenvalue weighted by molar-refractivity contribution is 8.13. The van der Waals surface area contributed by atoms with Gasteiger partial charge in [-0.25, -0.2) is 0 Å². The van der Waals surface area contributed by atoms with Crippen molar-refractivity contribution in [2.45, 2.75) is 24.3 Å². The number of nitrogens with zero attached hydrogens (tertiary/aromatic N) is 2. The Bertz CT molecular complexity index is 734. The maximum Gasteiger partial charge on any atom is 0.286 e. The molecule has 1 heterocycles. The Labute approximate surface area is 153 Å². The normalized spacial score (nSPS) is 17.1. The molecule has 0 radical (unpaired) electrons. The molecule has 25 heavy (non-hydrogen) atoms. The Balaban J connectivity index is 1.62. The lowest BCUT2D eigenvalue weighted by Crippen LogP contribution is -2.32. The van der Waals surface area contributed by atoms with Crippen LogP contribution in [0.1, 0.15) is 12.0 Å². The van der Waals surface area contributed by atoms with Crippen LogP contribution in [0.5, 0.6) is 11.5 Å². The minimum atomic E-state index is 0.129. The molecule has 0 saturated carbocycles. The number of carbonyl (C=O) groups is 1. The Morgan fingerprint density at radius 3 is 2.56 bits per heavy atom. The quantitative estimate of drug-likeness (QED) is 0.748. The molecular formula is C20H24N2O2S. The van der Waals surface area contributed by atoms with Crippen molar-refractivity contribution in [2.75, 3.05) is 27.2 Å². The van der Waals surface area contributed by atoms with Gasteiger partial charge in [-0.3, -0.25) is 4.79 Å². The fraction of sp³-hybridized carbons (Fsp3) is 0.350. The van der Waals surface area contributed by atoms with Gasteiger partial charge in [-0.15, -0.1) is 0 Å². The van der Waals surface area contributed by atoms with E-state index < -0.39 is 0 Å². The van der Waals surface area contributed by atoms with Crippen LogP contribution in [0.25, 0.3) is 0 Å². The van der Waals surface area contributed by atoms with Gasteiger partial charge in [0.15, 0.2) is 0 Å². The largest absolute Gasteiger partial charge is 0.457 e. The lowest BCUT2D eigenvalue weighted by molar-refractivity contribution is 0.227. The average molecular weight is 356 g/mol. The van der Waals surface area contributed by atoms with Crippen molar-refractivity contribution in [1.82, 2.24) is 9.80 Å². The molecule has 1 atom stereocenters. The minimum Gasteiger partial charge on any atom is -0.457 e. The van der Waals surface area contributed by atoms with Gasteiger partial charge in [0.25, 0.3) is 5.24 Å². The van der Waals surface area contributed by atoms with E-state index in [2.05, 4.69) is 19.0 Å². The van der Waals surface area contributed by atoms with E-state index in [4.69, 9.17) is 4.74 Å². The van der Waals surface area contributed by atoms with Crippen molar-refractivity contribution in [1.29, 1.82) is 0 Å². The molecule has 5 heteroatoms. The lowest BCUT2D eigenvalue weighted by Gasteiger charge is -2.20. The van der Waals surface area contributed by atoms with Crippen molar-refractivity contribution >= 4 is 17.0 Å². The van der Waals surface area contributed by atoms with Gasteiger partial charge in [-0.1, -0.05) is 18.2 Å². The molecule has 2 aromatic rings. The lowest BCUT2D eigenvalue weighted by atomic mass is 10.2. The zero-order chi connectivity index (χ0) is 17.8. The van der Waals surface area contributed by atoms with Crippen LogP contribution in [0, 0.1) is 6.92 Å². The second kappa shape index (κ2) is 7.93. The standard InChI is InChI=1S/C20H24N2O2S/c1-15-13-18(24-17-7-5-4-6-8-17)9-10-19(15)25-20(23)22-12-11-16(14-22)21(2)3/h4-10,13,16H,11-12,14H2,1-3H3. The summed E-state index contributed by atoms with van der Waals surface area (Å²) in [6.07, 6.45) is 1.04. The number of hydrogen-bond donors (Lipinski definition) is 0. The van der Waals surface area contributed by atoms with E-state index in [-0.39, 0.29) is 5.24 Å². The highest BCUT2D eigenvalue weighted by Gasteiger charge is 2.28. The maximum absolute atomic E-state index is 12.6. The molecule has 0 aromatic heterocycles. The summed E-state index contributed by atoms with van der Waals surface area (Å²) >= 11 is 1.31. The van der Waals surface area contributed by atoms with Gasteiger partial charge in [0, 0.05) is 24.0 Å². The molecule has 0 bridgehead atoms. The SMILES string of the molecule is Cc1cc(Oc2ccccc2)ccc1SC(=O)N1CCC(N(C)C)C1. The second-order valence-corrected chi connectivity index (χ2v) is 7.56. The smallest absolute Gasteiger partial charge is 0.286 e. The molecule has 1 unspecified atom stereocenters. The van der Waals surface area contributed by atoms with Crippen LogP contribution < -0.4 is 4.74 Å². The van der Waals surface area contributed by atoms with Gasteiger partial charge in [0.05, 0.1) is 0 Å². The van der Waals surface area contributed by atoms with Crippen molar-refractivity contribution in [3.8, 4) is 11.5 Å². The monoisotopic (exact) mass is 356 g/mol. The van der Waals surface area contributed by atoms with Crippen molar-refractivity contribution in [2.24, 2.45) is 0 Å². The summed E-state index contributed by atoms with van der Waals surface area (Å²) in [6.45, 7) is 3.66. The molecule has 4 nitrogen and oxygen atoms in total. The molecule has 132 valence electrons. The Morgan fingerprint density at radius 2 is 1.92 bits per heavy atom. The molecule has 0 aliphatic carbocycles. The Hall–Kier alpha value is -1.98. The molecule has 1 aliphatic heterocycles. The number of carbonyl (C=O) groups excluding carboxylic acids is 1. The number of likely N-dealkylation sites (tertiary alicyclic amines) is 1. The van der Waals surface area contributed by atoms with Crippen LogP contribution in [0.15, 0.2) is 53.4 Å². The summed E-state index contributed by atoms with van der Waals surface area (Å²) in [5, 5.41) is 0.129. The van der Waals surface area contributed by atoms with Gasteiger partial charge in [0.1, 0.15) is 11.5 Å². The fourth-order valence-corrected chi connectivity index (χ4v) is 3.75. The summed E-state index contributed by atoms with van der Waals surface area (Å²) in [6, 6.07) is 16.0. The third-order valence-corrected chi connectivity index (χ3v) is 5.59. The molecule has 1 aliphatic rings. The predicted molar refractivity (Wildman–Crippen MR) is 103 cm³/mol. The number of hydrogen-bond acceptors (Lipinski definition) is 4. The predicted octanol–water partition coefficient (Wildman–Crippen LogP) is 4.64. The summed E-state index contributed by atoms with van der Waals surface area (Å²) in [7, 11) is 4.14. The topological polar surface area (TPSA) is 32.8 Å². The van der Waals surface area contributed by atoms with Crippen LogP contribution in [0.4, 0.5) is 4.79 Å². The average Bonchev–Trinajstić information content (AvgIpc) is 3.09. The van der Waals surface area contributed by atoms with Gasteiger partial charge >= 0.3 is 0 Å². The van der Waals surface area contributed by atoms with E-state index in [1.54, 1.807) is 0 Å². The van der Waals surface area contributed by atoms with E-state index in [0.29, 0.717) is 6.04 Å². The number of likely N-dealkylation sites (N-methyl/N-ethyl adjacent to an activating group) is 1. The Morgan fingerprint density at radius 1 is 1.16 bits per heavy atom. The molecule has 0 N–H and O–H groups in total. The summed E-state index contributed by atoms with van der Waals surface area (Å²) in [5.41, 5.74) is 1.05. The number of aryl methyl sites for hydroxylation is 1. The zero-order valence-electron chi connectivity index (χ0n) is 14.9. The first-order chi connectivity index (χ1) is 12.0. The summed E-state index contributed by atoms with van der Waals surface area (Å²) in [4.78, 5) is 17.7. The Kier molecular flexibility index (Phi) is 5.66. The van der Waals surface area contributed by atoms with E-state index in [1.165, 1.54) is 11.8 Å². The van der Waals surface area contributed by atoms with Crippen LogP contribution in [-0.2, 0) is 0 Å². The molecule has 1 fully saturated rings. The molecule has 0 spiro atoms. The van der Waals surface area contributed by atoms with Gasteiger partial charge < -0.3 is 14.5 Å². The third kappa shape index (κ3) is 4.55. The number of ether oxygens (including phenoxy) is 1. The zero-order valence-corrected chi connectivity index (χ0v) is 15.8. The van der Waals surface area contributed by atoms with Crippen molar-refractivity contribution < 1.29 is 9.53 Å². The first kappa shape index (κ1) is 17.8. The van der Waals surface area contributed by atoms with E-state index in [1.807, 2.05) is 60.4 Å². The second-order valence-electron chi connectivity index (χ2n) is 6.56. The van der Waals surface area contributed by atoms with E-state index in [0.717, 1.165) is 41.5 Å². The van der Waals surface area contributed by atoms with E-state index >= 15 is 0 Å². The summed E-state index contributed by atoms with van der Waals surface area (Å²) < 4.78 is 5.85. The van der Waals surface area contributed by atoms with Crippen molar-refractivity contribution in [3.05, 3.63) is 54.1 Å². The van der Waals surface area contributed by atoms with Gasteiger partial charge in [-0.05, 0) is 75.1 Å². The highest BCUT2D eigenvalue weighted by Crippen LogP contribution is 2.31. The molecule has 1 amide bonds. The van der Waals surface area contributed by atoms with Crippen LogP contribution in [0.2, 0.25) is 0 Å². The first-order valence-electron chi connectivity index (χ1n) is 8.49. The molecule has 1 saturated heterocycles. The molecule has 2 aromatic carbocycles. The number of thioether (sulfide) groups is 1. The minimum absolute atomic E-state index is 0.129. The van der Waals surface area contributed by atoms with Crippen LogP contribution in [0.3, 0.4) is 0 Å². The van der Waals surface area contributed by atoms with E-state index in [9.17, 15) is 4.79 Å². The van der Waals surface area contributed by atoms with Gasteiger partial charge in [-0.2, -0.15) is 0 Å². The number of benzene rings is 2.